The Balaban J connectivity index is 2.85. The van der Waals surface area contributed by atoms with Crippen molar-refractivity contribution < 1.29 is 14.4 Å². The van der Waals surface area contributed by atoms with E-state index in [9.17, 15) is 14.4 Å². The van der Waals surface area contributed by atoms with Crippen LogP contribution in [0.2, 0.25) is 0 Å². The number of thioether (sulfide) groups is 1. The maximum atomic E-state index is 11.4. The fourth-order valence-electron chi connectivity index (χ4n) is 1.29. The average molecular weight is 260 g/mol. The molecule has 1 aromatic rings. The second kappa shape index (κ2) is 5.87. The van der Waals surface area contributed by atoms with E-state index in [-0.39, 0.29) is 0 Å². The summed E-state index contributed by atoms with van der Waals surface area (Å²) >= 11 is 1.33. The van der Waals surface area contributed by atoms with Crippen LogP contribution >= 0.6 is 19.4 Å². The predicted octanol–water partition coefficient (Wildman–Crippen LogP) is 3.25. The van der Waals surface area contributed by atoms with Gasteiger partial charge in [0.15, 0.2) is 0 Å². The molecule has 0 aromatic heterocycles. The van der Waals surface area contributed by atoms with E-state index in [0.717, 1.165) is 5.75 Å². The van der Waals surface area contributed by atoms with Gasteiger partial charge >= 0.3 is 7.60 Å². The molecular weight excluding hydrogens is 243 g/mol. The van der Waals surface area contributed by atoms with Gasteiger partial charge in [0.05, 0.1) is 0 Å². The second-order valence-electron chi connectivity index (χ2n) is 4.08. The van der Waals surface area contributed by atoms with E-state index in [1.807, 2.05) is 19.9 Å². The maximum Gasteiger partial charge on any atom is 0.342 e. The van der Waals surface area contributed by atoms with Crippen LogP contribution in [0, 0.1) is 5.92 Å². The van der Waals surface area contributed by atoms with Crippen molar-refractivity contribution >= 4 is 19.4 Å². The van der Waals surface area contributed by atoms with Crippen LogP contribution in [0.3, 0.4) is 0 Å². The molecule has 0 aliphatic heterocycles. The maximum absolute atomic E-state index is 11.4. The van der Waals surface area contributed by atoms with Gasteiger partial charge in [-0.25, -0.2) is 0 Å². The largest absolute Gasteiger partial charge is 0.342 e. The first-order chi connectivity index (χ1) is 7.41. The number of rotatable bonds is 5. The van der Waals surface area contributed by atoms with Crippen molar-refractivity contribution in [2.75, 3.05) is 5.75 Å². The lowest BCUT2D eigenvalue weighted by Gasteiger charge is -2.19. The lowest BCUT2D eigenvalue weighted by atomic mass is 10.2. The summed E-state index contributed by atoms with van der Waals surface area (Å²) < 4.78 is 11.4. The molecule has 0 spiro atoms. The monoisotopic (exact) mass is 260 g/mol. The summed E-state index contributed by atoms with van der Waals surface area (Å²) in [7, 11) is -4.09. The smallest absolute Gasteiger partial charge is 0.323 e. The molecule has 1 aromatic carbocycles. The average Bonchev–Trinajstić information content (AvgIpc) is 2.17. The molecule has 0 aliphatic rings. The lowest BCUT2D eigenvalue weighted by Crippen LogP contribution is -2.00. The quantitative estimate of drug-likeness (QED) is 0.798. The first-order valence-electron chi connectivity index (χ1n) is 5.13. The predicted molar refractivity (Wildman–Crippen MR) is 68.5 cm³/mol. The molecule has 1 atom stereocenters. The zero-order valence-corrected chi connectivity index (χ0v) is 11.1. The fraction of sp³-hybridized carbons (Fsp3) is 0.455. The third-order valence-corrected chi connectivity index (χ3v) is 5.60. The van der Waals surface area contributed by atoms with Crippen LogP contribution in [0.15, 0.2) is 30.3 Å². The summed E-state index contributed by atoms with van der Waals surface area (Å²) in [6.07, 6.45) is 0. The Labute approximate surface area is 100 Å². The first kappa shape index (κ1) is 13.8. The van der Waals surface area contributed by atoms with Gasteiger partial charge in [-0.15, -0.1) is 11.8 Å². The minimum absolute atomic E-state index is 0.419. The fourth-order valence-corrected chi connectivity index (χ4v) is 3.80. The Morgan fingerprint density at radius 2 is 1.81 bits per heavy atom. The zero-order chi connectivity index (χ0) is 12.2. The highest BCUT2D eigenvalue weighted by molar-refractivity contribution is 8.04. The Morgan fingerprint density at radius 3 is 2.25 bits per heavy atom. The van der Waals surface area contributed by atoms with E-state index in [1.54, 1.807) is 24.3 Å². The third kappa shape index (κ3) is 4.30. The molecule has 2 N–H and O–H groups in total. The van der Waals surface area contributed by atoms with Crippen molar-refractivity contribution in [3.63, 3.8) is 0 Å². The molecule has 0 saturated heterocycles. The van der Waals surface area contributed by atoms with E-state index in [2.05, 4.69) is 0 Å². The number of benzene rings is 1. The molecule has 1 rings (SSSR count). The summed E-state index contributed by atoms with van der Waals surface area (Å²) in [6.45, 7) is 4.07. The molecule has 0 heterocycles. The number of hydrogen-bond donors (Lipinski definition) is 2. The van der Waals surface area contributed by atoms with Gasteiger partial charge in [0.1, 0.15) is 4.99 Å². The van der Waals surface area contributed by atoms with Gasteiger partial charge in [-0.2, -0.15) is 0 Å². The molecule has 0 bridgehead atoms. The van der Waals surface area contributed by atoms with Crippen LogP contribution in [-0.4, -0.2) is 15.5 Å². The van der Waals surface area contributed by atoms with Gasteiger partial charge in [0.2, 0.25) is 0 Å². The zero-order valence-electron chi connectivity index (χ0n) is 9.41. The molecule has 90 valence electrons. The van der Waals surface area contributed by atoms with Crippen molar-refractivity contribution in [2.45, 2.75) is 18.8 Å². The molecule has 16 heavy (non-hydrogen) atoms. The summed E-state index contributed by atoms with van der Waals surface area (Å²) in [5.41, 5.74) is 0.696. The van der Waals surface area contributed by atoms with Crippen molar-refractivity contribution in [1.82, 2.24) is 0 Å². The van der Waals surface area contributed by atoms with Gasteiger partial charge in [0.25, 0.3) is 0 Å². The molecule has 0 amide bonds. The van der Waals surface area contributed by atoms with E-state index in [1.165, 1.54) is 11.8 Å². The summed E-state index contributed by atoms with van der Waals surface area (Å²) in [5, 5.41) is 0. The van der Waals surface area contributed by atoms with E-state index >= 15 is 0 Å². The topological polar surface area (TPSA) is 57.5 Å². The van der Waals surface area contributed by atoms with Crippen LogP contribution in [0.25, 0.3) is 0 Å². The van der Waals surface area contributed by atoms with Crippen LogP contribution in [0.4, 0.5) is 0 Å². The Kier molecular flexibility index (Phi) is 5.06. The van der Waals surface area contributed by atoms with Crippen molar-refractivity contribution in [3.05, 3.63) is 35.9 Å². The third-order valence-electron chi connectivity index (χ3n) is 1.98. The standard InChI is InChI=1S/C11H17O3PS/c1-9(2)8-16-11(15(12,13)14)10-6-4-3-5-7-10/h3-7,9,11H,8H2,1-2H3,(H2,12,13,14). The van der Waals surface area contributed by atoms with Crippen molar-refractivity contribution in [1.29, 1.82) is 0 Å². The Bertz CT molecular complexity index is 361. The molecule has 0 fully saturated rings. The van der Waals surface area contributed by atoms with Gasteiger partial charge in [0, 0.05) is 0 Å². The molecule has 0 aliphatic carbocycles. The van der Waals surface area contributed by atoms with Gasteiger partial charge in [-0.05, 0) is 17.2 Å². The normalized spacial score (nSPS) is 14.1. The molecular formula is C11H17O3PS. The molecule has 0 radical (unpaired) electrons. The number of hydrogen-bond acceptors (Lipinski definition) is 2. The second-order valence-corrected chi connectivity index (χ2v) is 7.26. The van der Waals surface area contributed by atoms with Crippen LogP contribution < -0.4 is 0 Å². The van der Waals surface area contributed by atoms with E-state index < -0.39 is 12.6 Å². The van der Waals surface area contributed by atoms with Crippen LogP contribution in [-0.2, 0) is 4.57 Å². The molecule has 3 nitrogen and oxygen atoms in total. The highest BCUT2D eigenvalue weighted by Crippen LogP contribution is 2.58. The van der Waals surface area contributed by atoms with E-state index in [4.69, 9.17) is 0 Å². The van der Waals surface area contributed by atoms with E-state index in [0.29, 0.717) is 11.5 Å². The minimum Gasteiger partial charge on any atom is -0.323 e. The van der Waals surface area contributed by atoms with Gasteiger partial charge < -0.3 is 9.79 Å². The van der Waals surface area contributed by atoms with Crippen LogP contribution in [0.1, 0.15) is 24.4 Å². The van der Waals surface area contributed by atoms with Crippen molar-refractivity contribution in [2.24, 2.45) is 5.92 Å². The summed E-state index contributed by atoms with van der Waals surface area (Å²) in [4.78, 5) is 17.9. The SMILES string of the molecule is CC(C)CSC(c1ccccc1)P(=O)(O)O. The molecule has 5 heteroatoms. The first-order valence-corrected chi connectivity index (χ1v) is 7.86. The molecule has 1 unspecified atom stereocenters. The van der Waals surface area contributed by atoms with Crippen molar-refractivity contribution in [3.8, 4) is 0 Å². The molecule has 0 saturated carbocycles. The minimum atomic E-state index is -4.09. The highest BCUT2D eigenvalue weighted by atomic mass is 32.2. The summed E-state index contributed by atoms with van der Waals surface area (Å²) in [5.74, 6) is 1.16. The highest BCUT2D eigenvalue weighted by Gasteiger charge is 2.30. The Morgan fingerprint density at radius 1 is 1.25 bits per heavy atom. The van der Waals surface area contributed by atoms with Gasteiger partial charge in [-0.3, -0.25) is 4.57 Å². The lowest BCUT2D eigenvalue weighted by molar-refractivity contribution is 0.370. The van der Waals surface area contributed by atoms with Gasteiger partial charge in [-0.1, -0.05) is 44.2 Å². The van der Waals surface area contributed by atoms with Crippen LogP contribution in [0.5, 0.6) is 0 Å². The Hall–Kier alpha value is -0.280. The summed E-state index contributed by atoms with van der Waals surface area (Å²) in [6, 6.07) is 8.96.